The maximum atomic E-state index is 14.1. The third kappa shape index (κ3) is 4.26. The van der Waals surface area contributed by atoms with Crippen LogP contribution in [0.5, 0.6) is 0 Å². The van der Waals surface area contributed by atoms with Crippen molar-refractivity contribution in [2.75, 3.05) is 6.54 Å². The number of allylic oxidation sites excluding steroid dienone is 5. The zero-order valence-electron chi connectivity index (χ0n) is 20.1. The quantitative estimate of drug-likeness (QED) is 0.547. The van der Waals surface area contributed by atoms with Crippen LogP contribution >= 0.6 is 0 Å². The molecule has 0 bridgehead atoms. The Balaban J connectivity index is 1.70. The van der Waals surface area contributed by atoms with Crippen LogP contribution in [0.3, 0.4) is 0 Å². The molecule has 35 heavy (non-hydrogen) atoms. The number of likely N-dealkylation sites (tertiary alicyclic amines) is 1. The van der Waals surface area contributed by atoms with Gasteiger partial charge in [-0.05, 0) is 67.9 Å². The Morgan fingerprint density at radius 1 is 1.09 bits per heavy atom. The van der Waals surface area contributed by atoms with Crippen molar-refractivity contribution in [1.82, 2.24) is 4.90 Å². The van der Waals surface area contributed by atoms with Crippen molar-refractivity contribution in [1.29, 1.82) is 0 Å². The number of carbonyl (C=O) groups excluding carboxylic acids is 1. The highest BCUT2D eigenvalue weighted by Gasteiger charge is 2.56. The number of aromatic carboxylic acids is 1. The third-order valence-corrected chi connectivity index (χ3v) is 8.10. The lowest BCUT2D eigenvalue weighted by Crippen LogP contribution is -2.61. The van der Waals surface area contributed by atoms with Crippen LogP contribution in [0.25, 0.3) is 0 Å². The van der Waals surface area contributed by atoms with Crippen LogP contribution in [-0.4, -0.2) is 40.1 Å². The number of hydrogen-bond donors (Lipinski definition) is 1. The Morgan fingerprint density at radius 3 is 2.34 bits per heavy atom. The van der Waals surface area contributed by atoms with E-state index in [0.717, 1.165) is 11.1 Å². The number of amides is 1. The lowest BCUT2D eigenvalue weighted by molar-refractivity contribution is -0.205. The Morgan fingerprint density at radius 2 is 1.71 bits per heavy atom. The molecule has 0 aromatic heterocycles. The fourth-order valence-corrected chi connectivity index (χ4v) is 5.60. The molecule has 1 N–H and O–H groups in total. The number of hydrogen-bond acceptors (Lipinski definition) is 2. The van der Waals surface area contributed by atoms with Crippen LogP contribution in [-0.2, 0) is 11.2 Å². The molecule has 1 saturated heterocycles. The summed E-state index contributed by atoms with van der Waals surface area (Å²) in [4.78, 5) is 26.8. The number of rotatable bonds is 5. The second-order valence-corrected chi connectivity index (χ2v) is 10.2. The molecule has 4 rings (SSSR count). The SMILES string of the molecule is C[C@@H]1C2=CC=CCC2(C)N(CC2=CC=CCC2(C)C(F)(F)F)C(=O)[C@H]1Cc1ccc(C(=O)O)cc1. The predicted octanol–water partition coefficient (Wildman–Crippen LogP) is 6.12. The molecule has 1 heterocycles. The minimum absolute atomic E-state index is 0.0952. The van der Waals surface area contributed by atoms with Gasteiger partial charge in [0.25, 0.3) is 0 Å². The van der Waals surface area contributed by atoms with Gasteiger partial charge in [0.15, 0.2) is 0 Å². The smallest absolute Gasteiger partial charge is 0.398 e. The number of carbonyl (C=O) groups is 2. The van der Waals surface area contributed by atoms with Crippen molar-refractivity contribution in [2.45, 2.75) is 51.7 Å². The van der Waals surface area contributed by atoms with Crippen LogP contribution in [0.2, 0.25) is 0 Å². The minimum Gasteiger partial charge on any atom is -0.478 e. The van der Waals surface area contributed by atoms with E-state index < -0.39 is 29.0 Å². The topological polar surface area (TPSA) is 57.6 Å². The van der Waals surface area contributed by atoms with Crippen LogP contribution in [0.1, 0.15) is 49.5 Å². The van der Waals surface area contributed by atoms with E-state index in [1.165, 1.54) is 31.2 Å². The summed E-state index contributed by atoms with van der Waals surface area (Å²) in [5.74, 6) is -1.77. The number of piperidine rings is 1. The molecule has 1 fully saturated rings. The monoisotopic (exact) mass is 485 g/mol. The van der Waals surface area contributed by atoms with E-state index in [0.29, 0.717) is 12.8 Å². The summed E-state index contributed by atoms with van der Waals surface area (Å²) in [7, 11) is 0. The van der Waals surface area contributed by atoms with Gasteiger partial charge in [-0.2, -0.15) is 13.2 Å². The molecule has 0 spiro atoms. The number of benzene rings is 1. The van der Waals surface area contributed by atoms with Gasteiger partial charge in [-0.15, -0.1) is 0 Å². The largest absolute Gasteiger partial charge is 0.478 e. The zero-order chi connectivity index (χ0) is 25.6. The van der Waals surface area contributed by atoms with Gasteiger partial charge in [-0.3, -0.25) is 4.79 Å². The first kappa shape index (κ1) is 25.0. The molecular formula is C28H30F3NO3. The van der Waals surface area contributed by atoms with E-state index in [1.54, 1.807) is 23.1 Å². The van der Waals surface area contributed by atoms with Gasteiger partial charge >= 0.3 is 12.1 Å². The van der Waals surface area contributed by atoms with Crippen molar-refractivity contribution < 1.29 is 27.9 Å². The van der Waals surface area contributed by atoms with Crippen molar-refractivity contribution in [3.8, 4) is 0 Å². The summed E-state index contributed by atoms with van der Waals surface area (Å²) in [6, 6.07) is 6.42. The zero-order valence-corrected chi connectivity index (χ0v) is 20.1. The average Bonchev–Trinajstić information content (AvgIpc) is 2.80. The van der Waals surface area contributed by atoms with Crippen LogP contribution < -0.4 is 0 Å². The molecule has 3 aliphatic rings. The fraction of sp³-hybridized carbons (Fsp3) is 0.429. The van der Waals surface area contributed by atoms with Gasteiger partial charge in [-0.1, -0.05) is 55.5 Å². The number of carboxylic acids is 1. The summed E-state index contributed by atoms with van der Waals surface area (Å²) in [6.07, 6.45) is 6.90. The fourth-order valence-electron chi connectivity index (χ4n) is 5.60. The van der Waals surface area contributed by atoms with Crippen molar-refractivity contribution in [3.05, 3.63) is 83.0 Å². The van der Waals surface area contributed by atoms with Gasteiger partial charge in [0, 0.05) is 12.5 Å². The maximum absolute atomic E-state index is 14.1. The molecular weight excluding hydrogens is 455 g/mol. The average molecular weight is 486 g/mol. The summed E-state index contributed by atoms with van der Waals surface area (Å²) >= 11 is 0. The second-order valence-electron chi connectivity index (χ2n) is 10.2. The van der Waals surface area contributed by atoms with E-state index in [9.17, 15) is 22.8 Å². The van der Waals surface area contributed by atoms with E-state index in [-0.39, 0.29) is 35.9 Å². The van der Waals surface area contributed by atoms with Crippen LogP contribution in [0.15, 0.2) is 71.9 Å². The molecule has 1 aromatic rings. The van der Waals surface area contributed by atoms with Crippen molar-refractivity contribution >= 4 is 11.9 Å². The Kier molecular flexibility index (Phi) is 6.32. The van der Waals surface area contributed by atoms with E-state index in [4.69, 9.17) is 5.11 Å². The Hall–Kier alpha value is -3.09. The maximum Gasteiger partial charge on any atom is 0.398 e. The first-order chi connectivity index (χ1) is 16.4. The third-order valence-electron chi connectivity index (χ3n) is 8.10. The standard InChI is InChI=1S/C28H30F3NO3/c1-18-22(16-19-10-12-20(13-11-19)25(34)35)24(33)32(27(3)15-7-5-9-23(18)27)17-21-8-4-6-14-26(21,2)28(29,30)31/h4-13,18,22H,14-17H2,1-3H3,(H,34,35)/t18-,22-,26?,27?/m0/s1. The van der Waals surface area contributed by atoms with Gasteiger partial charge in [0.05, 0.1) is 16.5 Å². The minimum atomic E-state index is -4.44. The number of halogens is 3. The molecule has 1 amide bonds. The lowest BCUT2D eigenvalue weighted by Gasteiger charge is -2.54. The number of carboxylic acid groups (broad SMARTS) is 1. The molecule has 2 unspecified atom stereocenters. The number of alkyl halides is 3. The summed E-state index contributed by atoms with van der Waals surface area (Å²) in [5.41, 5.74) is -0.533. The number of nitrogens with zero attached hydrogens (tertiary/aromatic N) is 1. The molecule has 186 valence electrons. The molecule has 4 nitrogen and oxygen atoms in total. The van der Waals surface area contributed by atoms with Gasteiger partial charge in [0.2, 0.25) is 5.91 Å². The Bertz CT molecular complexity index is 1140. The van der Waals surface area contributed by atoms with Gasteiger partial charge in [-0.25, -0.2) is 4.79 Å². The van der Waals surface area contributed by atoms with E-state index in [2.05, 4.69) is 0 Å². The summed E-state index contributed by atoms with van der Waals surface area (Å²) < 4.78 is 42.4. The van der Waals surface area contributed by atoms with E-state index >= 15 is 0 Å². The van der Waals surface area contributed by atoms with Gasteiger partial charge < -0.3 is 10.0 Å². The van der Waals surface area contributed by atoms with Gasteiger partial charge in [0.1, 0.15) is 0 Å². The highest BCUT2D eigenvalue weighted by Crippen LogP contribution is 2.51. The first-order valence-electron chi connectivity index (χ1n) is 11.8. The molecule has 0 radical (unpaired) electrons. The predicted molar refractivity (Wildman–Crippen MR) is 128 cm³/mol. The van der Waals surface area contributed by atoms with Crippen molar-refractivity contribution in [2.24, 2.45) is 17.3 Å². The molecule has 7 heteroatoms. The molecule has 0 saturated carbocycles. The normalized spacial score (nSPS) is 30.6. The molecule has 1 aliphatic heterocycles. The lowest BCUT2D eigenvalue weighted by atomic mass is 9.66. The van der Waals surface area contributed by atoms with Crippen molar-refractivity contribution in [3.63, 3.8) is 0 Å². The number of fused-ring (bicyclic) bond motifs is 1. The Labute approximate surface area is 203 Å². The highest BCUT2D eigenvalue weighted by molar-refractivity contribution is 5.87. The molecule has 2 aliphatic carbocycles. The van der Waals surface area contributed by atoms with Crippen LogP contribution in [0.4, 0.5) is 13.2 Å². The summed E-state index contributed by atoms with van der Waals surface area (Å²) in [5, 5.41) is 9.16. The molecule has 4 atom stereocenters. The van der Waals surface area contributed by atoms with Crippen LogP contribution in [0, 0.1) is 17.3 Å². The first-order valence-corrected chi connectivity index (χ1v) is 11.8. The molecule has 1 aromatic carbocycles. The highest BCUT2D eigenvalue weighted by atomic mass is 19.4. The second kappa shape index (κ2) is 8.85. The van der Waals surface area contributed by atoms with E-state index in [1.807, 2.05) is 32.1 Å². The summed E-state index contributed by atoms with van der Waals surface area (Å²) in [6.45, 7) is 5.05.